The molecule has 0 saturated heterocycles. The van der Waals surface area contributed by atoms with Gasteiger partial charge in [-0.15, -0.1) is 11.3 Å². The lowest BCUT2D eigenvalue weighted by molar-refractivity contribution is -0.896. The lowest BCUT2D eigenvalue weighted by atomic mass is 10.00. The quantitative estimate of drug-likeness (QED) is 0.631. The molecule has 0 spiro atoms. The minimum absolute atomic E-state index is 0.108. The molecule has 1 atom stereocenters. The molecule has 0 bridgehead atoms. The first-order valence-corrected chi connectivity index (χ1v) is 10.6. The summed E-state index contributed by atoms with van der Waals surface area (Å²) in [5, 5.41) is 12.4. The summed E-state index contributed by atoms with van der Waals surface area (Å²) in [4.78, 5) is 29.4. The van der Waals surface area contributed by atoms with Gasteiger partial charge in [0.25, 0.3) is 5.91 Å². The zero-order chi connectivity index (χ0) is 20.3. The molecular formula is C21H27N2O4S+. The van der Waals surface area contributed by atoms with E-state index in [4.69, 9.17) is 4.42 Å². The third kappa shape index (κ3) is 3.91. The fourth-order valence-electron chi connectivity index (χ4n) is 3.66. The first kappa shape index (κ1) is 20.4. The van der Waals surface area contributed by atoms with Gasteiger partial charge >= 0.3 is 0 Å². The maximum Gasteiger partial charge on any atom is 0.290 e. The van der Waals surface area contributed by atoms with Gasteiger partial charge in [0.05, 0.1) is 30.1 Å². The minimum atomic E-state index is -0.692. The fraction of sp³-hybridized carbons (Fsp3) is 0.429. The average molecular weight is 404 g/mol. The molecule has 2 aromatic heterocycles. The Kier molecular flexibility index (Phi) is 6.36. The van der Waals surface area contributed by atoms with Crippen molar-refractivity contribution in [3.8, 4) is 0 Å². The Bertz CT molecular complexity index is 865. The van der Waals surface area contributed by atoms with E-state index in [0.717, 1.165) is 26.1 Å². The molecule has 1 aliphatic rings. The SMILES string of the molecule is CC[NH+](CC)CCCN1C(=O)C(O)=C(C(=O)c2cccs2)[C@@H]1c1ccc(C)o1. The van der Waals surface area contributed by atoms with Crippen LogP contribution in [0.25, 0.3) is 0 Å². The summed E-state index contributed by atoms with van der Waals surface area (Å²) >= 11 is 1.29. The molecule has 3 heterocycles. The molecule has 2 aromatic rings. The molecule has 0 aromatic carbocycles. The van der Waals surface area contributed by atoms with Crippen molar-refractivity contribution in [2.24, 2.45) is 0 Å². The summed E-state index contributed by atoms with van der Waals surface area (Å²) in [5.74, 6) is -0.0906. The Morgan fingerprint density at radius 3 is 2.61 bits per heavy atom. The predicted molar refractivity (Wildman–Crippen MR) is 108 cm³/mol. The Morgan fingerprint density at radius 1 is 1.29 bits per heavy atom. The third-order valence-electron chi connectivity index (χ3n) is 5.25. The summed E-state index contributed by atoms with van der Waals surface area (Å²) in [5.41, 5.74) is 0.108. The number of carbonyl (C=O) groups excluding carboxylic acids is 2. The molecule has 28 heavy (non-hydrogen) atoms. The van der Waals surface area contributed by atoms with E-state index in [1.807, 2.05) is 6.92 Å². The van der Waals surface area contributed by atoms with E-state index in [0.29, 0.717) is 22.9 Å². The molecule has 3 rings (SSSR count). The highest BCUT2D eigenvalue weighted by Crippen LogP contribution is 2.40. The molecule has 1 aliphatic heterocycles. The molecule has 0 radical (unpaired) electrons. The number of aliphatic hydroxyl groups excluding tert-OH is 1. The van der Waals surface area contributed by atoms with E-state index in [1.54, 1.807) is 34.5 Å². The van der Waals surface area contributed by atoms with Crippen molar-refractivity contribution >= 4 is 23.0 Å². The zero-order valence-electron chi connectivity index (χ0n) is 16.5. The van der Waals surface area contributed by atoms with Crippen LogP contribution in [0.4, 0.5) is 0 Å². The maximum absolute atomic E-state index is 13.0. The van der Waals surface area contributed by atoms with Crippen LogP contribution in [0.1, 0.15) is 47.5 Å². The maximum atomic E-state index is 13.0. The highest BCUT2D eigenvalue weighted by molar-refractivity contribution is 7.12. The number of thiophene rings is 1. The lowest BCUT2D eigenvalue weighted by Gasteiger charge is -2.25. The molecular weight excluding hydrogens is 376 g/mol. The lowest BCUT2D eigenvalue weighted by Crippen LogP contribution is -3.11. The van der Waals surface area contributed by atoms with Crippen LogP contribution in [0, 0.1) is 6.92 Å². The topological polar surface area (TPSA) is 75.2 Å². The molecule has 1 amide bonds. The summed E-state index contributed by atoms with van der Waals surface area (Å²) in [6.07, 6.45) is 0.784. The number of aliphatic hydroxyl groups is 1. The summed E-state index contributed by atoms with van der Waals surface area (Å²) < 4.78 is 5.77. The highest BCUT2D eigenvalue weighted by atomic mass is 32.1. The van der Waals surface area contributed by atoms with Gasteiger partial charge in [-0.05, 0) is 44.4 Å². The van der Waals surface area contributed by atoms with Crippen molar-refractivity contribution < 1.29 is 24.0 Å². The second kappa shape index (κ2) is 8.75. The number of furan rings is 1. The average Bonchev–Trinajstić information content (AvgIpc) is 3.41. The second-order valence-electron chi connectivity index (χ2n) is 6.98. The number of hydrogen-bond acceptors (Lipinski definition) is 5. The number of Topliss-reactive ketones (excluding diaryl/α,β-unsaturated/α-hetero) is 1. The molecule has 0 aliphatic carbocycles. The number of carbonyl (C=O) groups is 2. The molecule has 150 valence electrons. The Hall–Kier alpha value is -2.38. The molecule has 0 saturated carbocycles. The normalized spacial score (nSPS) is 17.2. The Balaban J connectivity index is 1.90. The van der Waals surface area contributed by atoms with Crippen molar-refractivity contribution in [3.63, 3.8) is 0 Å². The fourth-order valence-corrected chi connectivity index (χ4v) is 4.33. The van der Waals surface area contributed by atoms with Crippen molar-refractivity contribution in [2.75, 3.05) is 26.2 Å². The van der Waals surface area contributed by atoms with E-state index in [-0.39, 0.29) is 11.4 Å². The summed E-state index contributed by atoms with van der Waals surface area (Å²) in [6.45, 7) is 9.53. The number of amides is 1. The second-order valence-corrected chi connectivity index (χ2v) is 7.93. The largest absolute Gasteiger partial charge is 0.503 e. The standard InChI is InChI=1S/C21H26N2O4S/c1-4-22(5-2)11-7-12-23-18(15-10-9-14(3)27-15)17(20(25)21(23)26)19(24)16-8-6-13-28-16/h6,8-10,13,18,25H,4-5,7,11-12H2,1-3H3/p+1/t18-/m0/s1. The number of nitrogens with zero attached hydrogens (tertiary/aromatic N) is 1. The van der Waals surface area contributed by atoms with Crippen molar-refractivity contribution in [1.82, 2.24) is 4.90 Å². The number of rotatable bonds is 9. The van der Waals surface area contributed by atoms with Crippen molar-refractivity contribution in [2.45, 2.75) is 33.2 Å². The van der Waals surface area contributed by atoms with E-state index in [9.17, 15) is 14.7 Å². The first-order chi connectivity index (χ1) is 13.5. The highest BCUT2D eigenvalue weighted by Gasteiger charge is 2.45. The van der Waals surface area contributed by atoms with Crippen LogP contribution >= 0.6 is 11.3 Å². The smallest absolute Gasteiger partial charge is 0.290 e. The van der Waals surface area contributed by atoms with Crippen LogP contribution in [0.2, 0.25) is 0 Å². The molecule has 6 nitrogen and oxygen atoms in total. The zero-order valence-corrected chi connectivity index (χ0v) is 17.3. The van der Waals surface area contributed by atoms with Crippen LogP contribution in [-0.4, -0.2) is 47.9 Å². The number of hydrogen-bond donors (Lipinski definition) is 2. The van der Waals surface area contributed by atoms with Gasteiger partial charge in [-0.3, -0.25) is 9.59 Å². The molecule has 7 heteroatoms. The van der Waals surface area contributed by atoms with E-state index >= 15 is 0 Å². The van der Waals surface area contributed by atoms with Crippen molar-refractivity contribution in [3.05, 3.63) is 57.4 Å². The number of nitrogens with one attached hydrogen (secondary N) is 1. The van der Waals surface area contributed by atoms with Gasteiger partial charge in [-0.25, -0.2) is 0 Å². The van der Waals surface area contributed by atoms with Gasteiger partial charge in [0.2, 0.25) is 5.78 Å². The van der Waals surface area contributed by atoms with Crippen molar-refractivity contribution in [1.29, 1.82) is 0 Å². The van der Waals surface area contributed by atoms with Crippen LogP contribution in [0.3, 0.4) is 0 Å². The van der Waals surface area contributed by atoms with Gasteiger partial charge in [0.15, 0.2) is 5.76 Å². The number of ketones is 1. The van der Waals surface area contributed by atoms with Gasteiger partial charge < -0.3 is 19.3 Å². The van der Waals surface area contributed by atoms with Crippen LogP contribution in [-0.2, 0) is 4.79 Å². The Labute approximate surface area is 169 Å². The predicted octanol–water partition coefficient (Wildman–Crippen LogP) is 2.54. The molecule has 2 N–H and O–H groups in total. The van der Waals surface area contributed by atoms with E-state index < -0.39 is 17.7 Å². The Morgan fingerprint density at radius 2 is 2.04 bits per heavy atom. The molecule has 0 fully saturated rings. The number of aryl methyl sites for hydroxylation is 1. The van der Waals surface area contributed by atoms with Crippen LogP contribution in [0.15, 0.2) is 45.4 Å². The summed E-state index contributed by atoms with van der Waals surface area (Å²) in [6, 6.07) is 6.37. The monoisotopic (exact) mass is 403 g/mol. The van der Waals surface area contributed by atoms with Gasteiger partial charge in [0.1, 0.15) is 17.6 Å². The molecule has 0 unspecified atom stereocenters. The van der Waals surface area contributed by atoms with Gasteiger partial charge in [-0.2, -0.15) is 0 Å². The third-order valence-corrected chi connectivity index (χ3v) is 6.12. The van der Waals surface area contributed by atoms with Gasteiger partial charge in [-0.1, -0.05) is 6.07 Å². The van der Waals surface area contributed by atoms with E-state index in [1.165, 1.54) is 16.2 Å². The van der Waals surface area contributed by atoms with Crippen LogP contribution < -0.4 is 4.90 Å². The minimum Gasteiger partial charge on any atom is -0.503 e. The summed E-state index contributed by atoms with van der Waals surface area (Å²) in [7, 11) is 0. The van der Waals surface area contributed by atoms with Gasteiger partial charge in [0, 0.05) is 13.0 Å². The van der Waals surface area contributed by atoms with E-state index in [2.05, 4.69) is 13.8 Å². The first-order valence-electron chi connectivity index (χ1n) is 9.70. The van der Waals surface area contributed by atoms with Crippen LogP contribution in [0.5, 0.6) is 0 Å². The number of quaternary nitrogens is 1.